The maximum absolute atomic E-state index is 13.5. The molecule has 3 N–H and O–H groups in total. The average molecular weight is 611 g/mol. The van der Waals surface area contributed by atoms with Crippen molar-refractivity contribution < 1.29 is 32.3 Å². The van der Waals surface area contributed by atoms with Crippen molar-refractivity contribution in [2.75, 3.05) is 56.2 Å². The second-order valence-corrected chi connectivity index (χ2v) is 13.2. The molecule has 11 nitrogen and oxygen atoms in total. The summed E-state index contributed by atoms with van der Waals surface area (Å²) in [6.07, 6.45) is 1.47. The van der Waals surface area contributed by atoms with Gasteiger partial charge in [0.15, 0.2) is 5.75 Å². The van der Waals surface area contributed by atoms with Gasteiger partial charge in [0.2, 0.25) is 15.9 Å². The SMILES string of the molecule is COc1c(NC(=O)C(=O)c2ccc(OCCN3CCNC(=O)CC3)c3ccccc23)cc(C(C)(C)C)cc1NS(C)(=O)=O. The number of Topliss-reactive ketones (excluding diaryl/α,β-unsaturated/α-hetero) is 1. The van der Waals surface area contributed by atoms with E-state index in [0.29, 0.717) is 49.2 Å². The topological polar surface area (TPSA) is 143 Å². The number of amides is 2. The van der Waals surface area contributed by atoms with Crippen molar-refractivity contribution in [3.63, 3.8) is 0 Å². The van der Waals surface area contributed by atoms with Crippen molar-refractivity contribution in [1.29, 1.82) is 0 Å². The van der Waals surface area contributed by atoms with Gasteiger partial charge in [-0.3, -0.25) is 24.0 Å². The van der Waals surface area contributed by atoms with Gasteiger partial charge in [-0.1, -0.05) is 45.0 Å². The number of fused-ring (bicyclic) bond motifs is 1. The van der Waals surface area contributed by atoms with E-state index < -0.39 is 27.1 Å². The van der Waals surface area contributed by atoms with Gasteiger partial charge in [0, 0.05) is 43.5 Å². The molecule has 0 atom stereocenters. The Kier molecular flexibility index (Phi) is 9.61. The maximum Gasteiger partial charge on any atom is 0.296 e. The van der Waals surface area contributed by atoms with Crippen LogP contribution in [0.5, 0.6) is 11.5 Å². The Morgan fingerprint density at radius 3 is 2.40 bits per heavy atom. The zero-order chi connectivity index (χ0) is 31.4. The van der Waals surface area contributed by atoms with Crippen molar-refractivity contribution in [2.24, 2.45) is 0 Å². The molecular formula is C31H38N4O7S. The molecule has 1 aliphatic heterocycles. The Balaban J connectivity index is 1.58. The number of nitrogens with zero attached hydrogens (tertiary/aromatic N) is 1. The smallest absolute Gasteiger partial charge is 0.296 e. The van der Waals surface area contributed by atoms with E-state index in [0.717, 1.165) is 18.4 Å². The Labute approximate surface area is 252 Å². The molecule has 230 valence electrons. The maximum atomic E-state index is 13.5. The first kappa shape index (κ1) is 31.8. The number of rotatable bonds is 10. The second kappa shape index (κ2) is 13.0. The molecule has 3 aromatic rings. The third-order valence-electron chi connectivity index (χ3n) is 7.11. The summed E-state index contributed by atoms with van der Waals surface area (Å²) in [4.78, 5) is 40.6. The molecular weight excluding hydrogens is 572 g/mol. The molecule has 1 heterocycles. The van der Waals surface area contributed by atoms with Crippen molar-refractivity contribution >= 4 is 49.8 Å². The molecule has 3 aromatic carbocycles. The third kappa shape index (κ3) is 8.02. The van der Waals surface area contributed by atoms with Gasteiger partial charge in [0.1, 0.15) is 12.4 Å². The second-order valence-electron chi connectivity index (χ2n) is 11.5. The van der Waals surface area contributed by atoms with E-state index in [2.05, 4.69) is 20.3 Å². The van der Waals surface area contributed by atoms with Crippen LogP contribution in [-0.2, 0) is 25.0 Å². The number of hydrogen-bond donors (Lipinski definition) is 3. The fourth-order valence-corrected chi connectivity index (χ4v) is 5.42. The van der Waals surface area contributed by atoms with E-state index in [4.69, 9.17) is 9.47 Å². The third-order valence-corrected chi connectivity index (χ3v) is 7.70. The molecule has 1 aliphatic rings. The summed E-state index contributed by atoms with van der Waals surface area (Å²) in [5.41, 5.74) is 0.816. The van der Waals surface area contributed by atoms with Gasteiger partial charge in [-0.05, 0) is 40.6 Å². The molecule has 0 bridgehead atoms. The first-order valence-electron chi connectivity index (χ1n) is 14.0. The molecule has 0 radical (unpaired) electrons. The molecule has 0 aromatic heterocycles. The number of methoxy groups -OCH3 is 1. The van der Waals surface area contributed by atoms with Gasteiger partial charge < -0.3 is 20.1 Å². The van der Waals surface area contributed by atoms with E-state index in [1.165, 1.54) is 7.11 Å². The zero-order valence-electron chi connectivity index (χ0n) is 25.1. The van der Waals surface area contributed by atoms with Crippen LogP contribution in [0.3, 0.4) is 0 Å². The monoisotopic (exact) mass is 610 g/mol. The molecule has 4 rings (SSSR count). The largest absolute Gasteiger partial charge is 0.492 e. The standard InChI is InChI=1S/C31H38N4O7S/c1-31(2,3)20-18-24(29(41-4)25(19-20)34-43(5,39)40)33-30(38)28(37)23-10-11-26(22-9-7-6-8-21(22)23)42-17-16-35-14-12-27(36)32-13-15-35/h6-11,18-19,34H,12-17H2,1-5H3,(H,32,36)(H,33,38). The van der Waals surface area contributed by atoms with Gasteiger partial charge in [-0.25, -0.2) is 8.42 Å². The number of ether oxygens (including phenoxy) is 2. The van der Waals surface area contributed by atoms with Gasteiger partial charge in [0.25, 0.3) is 11.7 Å². The number of hydrogen-bond acceptors (Lipinski definition) is 8. The summed E-state index contributed by atoms with van der Waals surface area (Å²) >= 11 is 0. The van der Waals surface area contributed by atoms with Crippen LogP contribution in [0, 0.1) is 0 Å². The number of carbonyl (C=O) groups is 3. The average Bonchev–Trinajstić information content (AvgIpc) is 3.15. The van der Waals surface area contributed by atoms with Crippen LogP contribution in [0.25, 0.3) is 10.8 Å². The normalized spacial score (nSPS) is 14.5. The summed E-state index contributed by atoms with van der Waals surface area (Å²) < 4.78 is 38.1. The highest BCUT2D eigenvalue weighted by molar-refractivity contribution is 7.92. The first-order valence-corrected chi connectivity index (χ1v) is 15.9. The molecule has 1 saturated heterocycles. The molecule has 0 unspecified atom stereocenters. The molecule has 0 saturated carbocycles. The fraction of sp³-hybridized carbons (Fsp3) is 0.387. The summed E-state index contributed by atoms with van der Waals surface area (Å²) in [7, 11) is -2.31. The predicted molar refractivity (Wildman–Crippen MR) is 167 cm³/mol. The van der Waals surface area contributed by atoms with E-state index in [1.54, 1.807) is 36.4 Å². The Hall–Kier alpha value is -4.16. The van der Waals surface area contributed by atoms with Crippen LogP contribution in [0.15, 0.2) is 48.5 Å². The van der Waals surface area contributed by atoms with Gasteiger partial charge in [-0.2, -0.15) is 0 Å². The number of sulfonamides is 1. The fourth-order valence-electron chi connectivity index (χ4n) is 4.87. The molecule has 0 aliphatic carbocycles. The Morgan fingerprint density at radius 2 is 1.72 bits per heavy atom. The van der Waals surface area contributed by atoms with Crippen LogP contribution in [-0.4, -0.2) is 77.1 Å². The quantitative estimate of drug-likeness (QED) is 0.234. The Morgan fingerprint density at radius 1 is 1.02 bits per heavy atom. The van der Waals surface area contributed by atoms with Gasteiger partial charge in [-0.15, -0.1) is 0 Å². The predicted octanol–water partition coefficient (Wildman–Crippen LogP) is 3.54. The number of ketones is 1. The molecule has 0 spiro atoms. The highest BCUT2D eigenvalue weighted by Gasteiger charge is 2.25. The van der Waals surface area contributed by atoms with E-state index >= 15 is 0 Å². The minimum atomic E-state index is -3.66. The van der Waals surface area contributed by atoms with E-state index in [1.807, 2.05) is 32.9 Å². The van der Waals surface area contributed by atoms with Crippen LogP contribution in [0.1, 0.15) is 43.1 Å². The van der Waals surface area contributed by atoms with Crippen LogP contribution >= 0.6 is 0 Å². The van der Waals surface area contributed by atoms with E-state index in [-0.39, 0.29) is 28.6 Å². The first-order chi connectivity index (χ1) is 20.3. The van der Waals surface area contributed by atoms with Crippen molar-refractivity contribution in [1.82, 2.24) is 10.2 Å². The lowest BCUT2D eigenvalue weighted by Gasteiger charge is -2.24. The number of benzene rings is 3. The number of nitrogens with one attached hydrogen (secondary N) is 3. The van der Waals surface area contributed by atoms with Gasteiger partial charge >= 0.3 is 0 Å². The van der Waals surface area contributed by atoms with Crippen molar-refractivity contribution in [3.8, 4) is 11.5 Å². The summed E-state index contributed by atoms with van der Waals surface area (Å²) in [6, 6.07) is 13.7. The van der Waals surface area contributed by atoms with Crippen LogP contribution in [0.2, 0.25) is 0 Å². The van der Waals surface area contributed by atoms with E-state index in [9.17, 15) is 22.8 Å². The number of anilines is 2. The summed E-state index contributed by atoms with van der Waals surface area (Å²) in [5, 5.41) is 6.73. The number of carbonyl (C=O) groups excluding carboxylic acids is 3. The minimum absolute atomic E-state index is 0.0464. The molecule has 2 amide bonds. The van der Waals surface area contributed by atoms with Crippen LogP contribution in [0.4, 0.5) is 11.4 Å². The highest BCUT2D eigenvalue weighted by Crippen LogP contribution is 2.39. The molecule has 12 heteroatoms. The lowest BCUT2D eigenvalue weighted by atomic mass is 9.86. The van der Waals surface area contributed by atoms with Gasteiger partial charge in [0.05, 0.1) is 24.7 Å². The summed E-state index contributed by atoms with van der Waals surface area (Å²) in [5.74, 6) is -0.974. The summed E-state index contributed by atoms with van der Waals surface area (Å²) in [6.45, 7) is 8.86. The minimum Gasteiger partial charge on any atom is -0.492 e. The highest BCUT2D eigenvalue weighted by atomic mass is 32.2. The van der Waals surface area contributed by atoms with Crippen molar-refractivity contribution in [2.45, 2.75) is 32.6 Å². The lowest BCUT2D eigenvalue weighted by Crippen LogP contribution is -2.32. The Bertz CT molecular complexity index is 1650. The van der Waals surface area contributed by atoms with Crippen molar-refractivity contribution in [3.05, 3.63) is 59.7 Å². The van der Waals surface area contributed by atoms with Crippen LogP contribution < -0.4 is 24.8 Å². The molecule has 1 fully saturated rings. The molecule has 43 heavy (non-hydrogen) atoms. The zero-order valence-corrected chi connectivity index (χ0v) is 25.9. The lowest BCUT2D eigenvalue weighted by molar-refractivity contribution is -0.120.